The number of pyridine rings is 1. The number of carbonyl (C=O) groups excluding carboxylic acids is 1. The zero-order valence-corrected chi connectivity index (χ0v) is 15.7. The number of hydrogen-bond donors (Lipinski definition) is 1. The number of nitrogens with one attached hydrogen (secondary N) is 1. The second-order valence-corrected chi connectivity index (χ2v) is 7.95. The number of carbonyl (C=O) groups is 1. The van der Waals surface area contributed by atoms with Gasteiger partial charge in [-0.25, -0.2) is 4.39 Å². The average Bonchev–Trinajstić information content (AvgIpc) is 2.69. The number of benzene rings is 1. The number of nitrogens with zero attached hydrogens (tertiary/aromatic N) is 2. The summed E-state index contributed by atoms with van der Waals surface area (Å²) in [5.41, 5.74) is 2.55. The standard InChI is InChI=1S/C22H26FN3O/c1-22-11-3-13-26(20(22)4-2-12-25-22)21(27)17-7-10-19(24-15-17)14-16-5-8-18(23)9-6-16/h5-10,15,20,25H,2-4,11-14H2,1H3/t20-,22+/m1/s1. The first-order valence-electron chi connectivity index (χ1n) is 9.80. The second kappa shape index (κ2) is 7.39. The molecule has 2 atom stereocenters. The van der Waals surface area contributed by atoms with Gasteiger partial charge in [0.1, 0.15) is 5.82 Å². The Morgan fingerprint density at radius 2 is 2.07 bits per heavy atom. The Hall–Kier alpha value is -2.27. The van der Waals surface area contributed by atoms with Crippen molar-refractivity contribution >= 4 is 5.91 Å². The first-order chi connectivity index (χ1) is 13.0. The van der Waals surface area contributed by atoms with Crippen LogP contribution in [0, 0.1) is 5.82 Å². The molecule has 3 heterocycles. The lowest BCUT2D eigenvalue weighted by molar-refractivity contribution is 0.0253. The highest BCUT2D eigenvalue weighted by molar-refractivity contribution is 5.94. The molecule has 2 aliphatic rings. The third-order valence-corrected chi connectivity index (χ3v) is 6.02. The van der Waals surface area contributed by atoms with Crippen molar-refractivity contribution in [2.24, 2.45) is 0 Å². The van der Waals surface area contributed by atoms with E-state index in [4.69, 9.17) is 0 Å². The largest absolute Gasteiger partial charge is 0.334 e. The van der Waals surface area contributed by atoms with E-state index in [1.807, 2.05) is 17.0 Å². The van der Waals surface area contributed by atoms with Gasteiger partial charge in [0.05, 0.1) is 5.56 Å². The van der Waals surface area contributed by atoms with Gasteiger partial charge >= 0.3 is 0 Å². The van der Waals surface area contributed by atoms with E-state index >= 15 is 0 Å². The highest BCUT2D eigenvalue weighted by atomic mass is 19.1. The summed E-state index contributed by atoms with van der Waals surface area (Å²) in [6.45, 7) is 4.10. The van der Waals surface area contributed by atoms with Crippen molar-refractivity contribution in [2.45, 2.75) is 50.6 Å². The molecule has 2 fully saturated rings. The molecule has 2 saturated heterocycles. The lowest BCUT2D eigenvalue weighted by Gasteiger charge is -2.51. The third-order valence-electron chi connectivity index (χ3n) is 6.02. The number of amides is 1. The van der Waals surface area contributed by atoms with E-state index in [2.05, 4.69) is 17.2 Å². The van der Waals surface area contributed by atoms with Gasteiger partial charge in [-0.2, -0.15) is 0 Å². The molecular formula is C22H26FN3O. The van der Waals surface area contributed by atoms with Crippen molar-refractivity contribution in [2.75, 3.05) is 13.1 Å². The third kappa shape index (κ3) is 3.74. The van der Waals surface area contributed by atoms with Crippen molar-refractivity contribution in [3.63, 3.8) is 0 Å². The monoisotopic (exact) mass is 367 g/mol. The topological polar surface area (TPSA) is 45.2 Å². The van der Waals surface area contributed by atoms with Gasteiger partial charge in [0.15, 0.2) is 0 Å². The highest BCUT2D eigenvalue weighted by Crippen LogP contribution is 2.34. The normalized spacial score (nSPS) is 25.1. The van der Waals surface area contributed by atoms with Crippen LogP contribution in [0.4, 0.5) is 4.39 Å². The Morgan fingerprint density at radius 3 is 2.81 bits per heavy atom. The van der Waals surface area contributed by atoms with Gasteiger partial charge in [-0.15, -0.1) is 0 Å². The number of likely N-dealkylation sites (tertiary alicyclic amines) is 1. The van der Waals surface area contributed by atoms with Crippen LogP contribution in [0.3, 0.4) is 0 Å². The van der Waals surface area contributed by atoms with E-state index in [0.717, 1.165) is 50.0 Å². The zero-order valence-electron chi connectivity index (χ0n) is 15.7. The number of aromatic nitrogens is 1. The number of halogens is 1. The molecule has 4 rings (SSSR count). The van der Waals surface area contributed by atoms with Crippen molar-refractivity contribution in [3.8, 4) is 0 Å². The van der Waals surface area contributed by atoms with Gasteiger partial charge in [-0.3, -0.25) is 9.78 Å². The molecule has 1 N–H and O–H groups in total. The minimum Gasteiger partial charge on any atom is -0.334 e. The maximum atomic E-state index is 13.1. The molecule has 0 unspecified atom stereocenters. The molecule has 0 radical (unpaired) electrons. The van der Waals surface area contributed by atoms with Gasteiger partial charge in [0, 0.05) is 36.4 Å². The van der Waals surface area contributed by atoms with Gasteiger partial charge < -0.3 is 10.2 Å². The molecule has 27 heavy (non-hydrogen) atoms. The molecular weight excluding hydrogens is 341 g/mol. The smallest absolute Gasteiger partial charge is 0.255 e. The average molecular weight is 367 g/mol. The van der Waals surface area contributed by atoms with Crippen molar-refractivity contribution < 1.29 is 9.18 Å². The predicted molar refractivity (Wildman–Crippen MR) is 103 cm³/mol. The van der Waals surface area contributed by atoms with Crippen LogP contribution in [-0.4, -0.2) is 40.5 Å². The zero-order chi connectivity index (χ0) is 18.9. The maximum absolute atomic E-state index is 13.1. The summed E-state index contributed by atoms with van der Waals surface area (Å²) in [6.07, 6.45) is 6.63. The molecule has 2 aliphatic heterocycles. The van der Waals surface area contributed by atoms with Crippen LogP contribution < -0.4 is 5.32 Å². The molecule has 2 aromatic rings. The van der Waals surface area contributed by atoms with Gasteiger partial charge in [0.2, 0.25) is 0 Å². The quantitative estimate of drug-likeness (QED) is 0.902. The number of hydrogen-bond acceptors (Lipinski definition) is 3. The summed E-state index contributed by atoms with van der Waals surface area (Å²) < 4.78 is 13.0. The van der Waals surface area contributed by atoms with Gasteiger partial charge in [0.25, 0.3) is 5.91 Å². The summed E-state index contributed by atoms with van der Waals surface area (Å²) in [7, 11) is 0. The Kier molecular flexibility index (Phi) is 4.96. The first kappa shape index (κ1) is 18.1. The first-order valence-corrected chi connectivity index (χ1v) is 9.80. The molecule has 1 aromatic carbocycles. The van der Waals surface area contributed by atoms with E-state index in [9.17, 15) is 9.18 Å². The molecule has 0 saturated carbocycles. The number of rotatable bonds is 3. The van der Waals surface area contributed by atoms with Crippen LogP contribution in [0.5, 0.6) is 0 Å². The van der Waals surface area contributed by atoms with E-state index in [-0.39, 0.29) is 23.3 Å². The highest BCUT2D eigenvalue weighted by Gasteiger charge is 2.44. The Morgan fingerprint density at radius 1 is 1.26 bits per heavy atom. The van der Waals surface area contributed by atoms with E-state index in [1.165, 1.54) is 12.1 Å². The Balaban J connectivity index is 1.48. The molecule has 0 aliphatic carbocycles. The molecule has 4 nitrogen and oxygen atoms in total. The fraction of sp³-hybridized carbons (Fsp3) is 0.455. The van der Waals surface area contributed by atoms with Crippen LogP contribution in [0.15, 0.2) is 42.6 Å². The van der Waals surface area contributed by atoms with Crippen LogP contribution in [-0.2, 0) is 6.42 Å². The molecule has 1 aromatic heterocycles. The fourth-order valence-electron chi connectivity index (χ4n) is 4.51. The molecule has 0 bridgehead atoms. The lowest BCUT2D eigenvalue weighted by atomic mass is 9.77. The lowest BCUT2D eigenvalue weighted by Crippen LogP contribution is -2.65. The SMILES string of the molecule is C[C@]12CCCN(C(=O)c3ccc(Cc4ccc(F)cc4)nc3)[C@@H]1CCCN2. The fourth-order valence-corrected chi connectivity index (χ4v) is 4.51. The molecule has 1 amide bonds. The minimum absolute atomic E-state index is 0.0299. The van der Waals surface area contributed by atoms with Crippen LogP contribution in [0.1, 0.15) is 54.2 Å². The summed E-state index contributed by atoms with van der Waals surface area (Å²) in [5, 5.41) is 3.64. The molecule has 142 valence electrons. The van der Waals surface area contributed by atoms with Crippen molar-refractivity contribution in [1.82, 2.24) is 15.2 Å². The summed E-state index contributed by atoms with van der Waals surface area (Å²) in [6, 6.07) is 10.5. The van der Waals surface area contributed by atoms with Crippen molar-refractivity contribution in [1.29, 1.82) is 0 Å². The minimum atomic E-state index is -0.238. The molecule has 5 heteroatoms. The number of piperidine rings is 2. The maximum Gasteiger partial charge on any atom is 0.255 e. The van der Waals surface area contributed by atoms with Gasteiger partial charge in [-0.1, -0.05) is 12.1 Å². The van der Waals surface area contributed by atoms with E-state index in [0.29, 0.717) is 12.0 Å². The summed E-state index contributed by atoms with van der Waals surface area (Å²) >= 11 is 0. The van der Waals surface area contributed by atoms with Crippen molar-refractivity contribution in [3.05, 3.63) is 65.2 Å². The summed E-state index contributed by atoms with van der Waals surface area (Å²) in [4.78, 5) is 19.6. The summed E-state index contributed by atoms with van der Waals surface area (Å²) in [5.74, 6) is -0.158. The number of fused-ring (bicyclic) bond motifs is 1. The van der Waals surface area contributed by atoms with E-state index in [1.54, 1.807) is 18.3 Å². The second-order valence-electron chi connectivity index (χ2n) is 7.95. The van der Waals surface area contributed by atoms with Crippen LogP contribution in [0.25, 0.3) is 0 Å². The van der Waals surface area contributed by atoms with Crippen LogP contribution in [0.2, 0.25) is 0 Å². The predicted octanol–water partition coefficient (Wildman–Crippen LogP) is 3.56. The van der Waals surface area contributed by atoms with E-state index < -0.39 is 0 Å². The Labute approximate surface area is 159 Å². The molecule has 0 spiro atoms. The Bertz CT molecular complexity index is 801. The van der Waals surface area contributed by atoms with Gasteiger partial charge in [-0.05, 0) is 69.0 Å². The van der Waals surface area contributed by atoms with Crippen LogP contribution >= 0.6 is 0 Å².